The third-order valence-electron chi connectivity index (χ3n) is 3.39. The molecule has 0 bridgehead atoms. The second kappa shape index (κ2) is 9.14. The summed E-state index contributed by atoms with van der Waals surface area (Å²) in [6.45, 7) is 8.35. The van der Waals surface area contributed by atoms with Crippen LogP contribution in [0.3, 0.4) is 0 Å². The summed E-state index contributed by atoms with van der Waals surface area (Å²) in [4.78, 5) is 23.0. The summed E-state index contributed by atoms with van der Waals surface area (Å²) in [7, 11) is -0.199. The molecule has 24 heavy (non-hydrogen) atoms. The summed E-state index contributed by atoms with van der Waals surface area (Å²) in [5.41, 5.74) is -1.03. The van der Waals surface area contributed by atoms with E-state index in [1.54, 1.807) is 13.8 Å². The van der Waals surface area contributed by atoms with E-state index in [2.05, 4.69) is 17.2 Å². The number of nitrogens with zero attached hydrogens (tertiary/aromatic N) is 1. The summed E-state index contributed by atoms with van der Waals surface area (Å²) in [6.07, 6.45) is 2.22. The lowest BCUT2D eigenvalue weighted by atomic mass is 10.1. The van der Waals surface area contributed by atoms with E-state index in [9.17, 15) is 18.0 Å². The van der Waals surface area contributed by atoms with Crippen LogP contribution < -0.4 is 10.6 Å². The van der Waals surface area contributed by atoms with Gasteiger partial charge in [-0.2, -0.15) is 8.42 Å². The van der Waals surface area contributed by atoms with Crippen molar-refractivity contribution in [3.8, 4) is 0 Å². The highest BCUT2D eigenvalue weighted by Gasteiger charge is 2.27. The monoisotopic (exact) mass is 364 g/mol. The predicted molar refractivity (Wildman–Crippen MR) is 92.9 cm³/mol. The molecule has 0 unspecified atom stereocenters. The summed E-state index contributed by atoms with van der Waals surface area (Å²) in [5.74, 6) is -1.01. The Kier molecular flexibility index (Phi) is 8.59. The van der Waals surface area contributed by atoms with Crippen molar-refractivity contribution in [2.75, 3.05) is 39.5 Å². The molecule has 0 aliphatic heterocycles. The molecule has 0 atom stereocenters. The normalized spacial score (nSPS) is 12.5. The van der Waals surface area contributed by atoms with Crippen molar-refractivity contribution in [3.05, 3.63) is 12.7 Å². The van der Waals surface area contributed by atoms with Crippen LogP contribution in [0.15, 0.2) is 12.7 Å². The maximum Gasteiger partial charge on any atom is 0.267 e. The second-order valence-electron chi connectivity index (χ2n) is 7.14. The zero-order chi connectivity index (χ0) is 19.0. The fourth-order valence-corrected chi connectivity index (χ4v) is 3.22. The van der Waals surface area contributed by atoms with E-state index in [0.29, 0.717) is 17.6 Å². The summed E-state index contributed by atoms with van der Waals surface area (Å²) >= 11 is 0. The Hall–Kier alpha value is -1.45. The zero-order valence-electron chi connectivity index (χ0n) is 15.0. The maximum atomic E-state index is 12.0. The number of quaternary nitrogens is 1. The van der Waals surface area contributed by atoms with Crippen molar-refractivity contribution < 1.29 is 27.0 Å². The Labute approximate surface area is 144 Å². The Balaban J connectivity index is 4.23. The highest BCUT2D eigenvalue weighted by atomic mass is 32.2. The van der Waals surface area contributed by atoms with Gasteiger partial charge in [0.25, 0.3) is 10.1 Å². The van der Waals surface area contributed by atoms with Gasteiger partial charge in [-0.3, -0.25) is 14.1 Å². The summed E-state index contributed by atoms with van der Waals surface area (Å²) in [6, 6.07) is 0. The molecule has 0 aromatic carbocycles. The first-order valence-corrected chi connectivity index (χ1v) is 9.36. The molecule has 0 aromatic rings. The molecule has 9 heteroatoms. The molecular weight excluding hydrogens is 334 g/mol. The summed E-state index contributed by atoms with van der Waals surface area (Å²) < 4.78 is 31.3. The number of amides is 2. The number of rotatable bonds is 11. The van der Waals surface area contributed by atoms with Gasteiger partial charge in [0.1, 0.15) is 0 Å². The van der Waals surface area contributed by atoms with Gasteiger partial charge in [0.05, 0.1) is 44.9 Å². The minimum absolute atomic E-state index is 0.208. The molecule has 0 heterocycles. The van der Waals surface area contributed by atoms with Gasteiger partial charge in [0.2, 0.25) is 11.8 Å². The van der Waals surface area contributed by atoms with Crippen LogP contribution in [0.2, 0.25) is 0 Å². The van der Waals surface area contributed by atoms with Crippen molar-refractivity contribution in [2.45, 2.75) is 32.2 Å². The average molecular weight is 364 g/mol. The van der Waals surface area contributed by atoms with E-state index in [0.717, 1.165) is 13.0 Å². The number of hydrogen-bond donors (Lipinski definition) is 3. The molecular formula is C15H30N3O5S+. The Morgan fingerprint density at radius 1 is 1.25 bits per heavy atom. The first-order valence-electron chi connectivity index (χ1n) is 7.75. The van der Waals surface area contributed by atoms with E-state index in [4.69, 9.17) is 4.55 Å². The molecule has 0 saturated heterocycles. The number of carbonyl (C=O) groups is 2. The van der Waals surface area contributed by atoms with Crippen LogP contribution in [0.1, 0.15) is 26.7 Å². The van der Waals surface area contributed by atoms with Gasteiger partial charge in [-0.15, -0.1) is 0 Å². The second-order valence-corrected chi connectivity index (χ2v) is 8.59. The lowest BCUT2D eigenvalue weighted by molar-refractivity contribution is -0.889. The van der Waals surface area contributed by atoms with Crippen molar-refractivity contribution in [1.82, 2.24) is 10.6 Å². The van der Waals surface area contributed by atoms with Gasteiger partial charge in [-0.25, -0.2) is 0 Å². The smallest absolute Gasteiger partial charge is 0.267 e. The lowest BCUT2D eigenvalue weighted by Crippen LogP contribution is -2.50. The molecule has 0 aliphatic carbocycles. The van der Waals surface area contributed by atoms with Gasteiger partial charge in [0.15, 0.2) is 0 Å². The van der Waals surface area contributed by atoms with E-state index in [-0.39, 0.29) is 18.2 Å². The third kappa shape index (κ3) is 12.0. The SMILES string of the molecule is C=CC(=O)NCCC[N+](C)(C)CCC(=O)NC(C)(C)CS(=O)(=O)O. The molecule has 3 N–H and O–H groups in total. The highest BCUT2D eigenvalue weighted by molar-refractivity contribution is 7.85. The fourth-order valence-electron chi connectivity index (χ4n) is 2.24. The van der Waals surface area contributed by atoms with Crippen molar-refractivity contribution in [1.29, 1.82) is 0 Å². The topological polar surface area (TPSA) is 113 Å². The van der Waals surface area contributed by atoms with Gasteiger partial charge in [-0.05, 0) is 19.9 Å². The number of nitrogens with one attached hydrogen (secondary N) is 2. The highest BCUT2D eigenvalue weighted by Crippen LogP contribution is 2.07. The van der Waals surface area contributed by atoms with Crippen molar-refractivity contribution >= 4 is 21.9 Å². The van der Waals surface area contributed by atoms with Gasteiger partial charge >= 0.3 is 0 Å². The van der Waals surface area contributed by atoms with E-state index in [1.165, 1.54) is 6.08 Å². The van der Waals surface area contributed by atoms with Crippen molar-refractivity contribution in [3.63, 3.8) is 0 Å². The Morgan fingerprint density at radius 3 is 2.33 bits per heavy atom. The average Bonchev–Trinajstić information content (AvgIpc) is 2.38. The van der Waals surface area contributed by atoms with Crippen LogP contribution in [0.25, 0.3) is 0 Å². The maximum absolute atomic E-state index is 12.0. The molecule has 0 saturated carbocycles. The Morgan fingerprint density at radius 2 is 1.83 bits per heavy atom. The third-order valence-corrected chi connectivity index (χ3v) is 4.48. The van der Waals surface area contributed by atoms with Gasteiger partial charge in [0, 0.05) is 13.0 Å². The van der Waals surface area contributed by atoms with Gasteiger partial charge in [-0.1, -0.05) is 6.58 Å². The van der Waals surface area contributed by atoms with Crippen LogP contribution in [0.4, 0.5) is 0 Å². The number of carbonyl (C=O) groups excluding carboxylic acids is 2. The molecule has 2 amide bonds. The predicted octanol–water partition coefficient (Wildman–Crippen LogP) is -0.0722. The first kappa shape index (κ1) is 22.6. The molecule has 140 valence electrons. The largest absolute Gasteiger partial charge is 0.352 e. The molecule has 8 nitrogen and oxygen atoms in total. The molecule has 0 aromatic heterocycles. The summed E-state index contributed by atoms with van der Waals surface area (Å²) in [5, 5.41) is 5.31. The van der Waals surface area contributed by atoms with Crippen LogP contribution in [0, 0.1) is 0 Å². The van der Waals surface area contributed by atoms with E-state index >= 15 is 0 Å². The minimum Gasteiger partial charge on any atom is -0.352 e. The molecule has 0 rings (SSSR count). The first-order chi connectivity index (χ1) is 10.8. The van der Waals surface area contributed by atoms with Crippen LogP contribution >= 0.6 is 0 Å². The van der Waals surface area contributed by atoms with Gasteiger partial charge < -0.3 is 15.1 Å². The van der Waals surface area contributed by atoms with Crippen LogP contribution in [-0.2, 0) is 19.7 Å². The fraction of sp³-hybridized carbons (Fsp3) is 0.733. The molecule has 0 aliphatic rings. The standard InChI is InChI=1S/C15H29N3O5S/c1-6-13(19)16-9-7-10-18(4,5)11-8-14(20)17-15(2,3)12-24(21,22)23/h6H,1,7-12H2,2-5H3,(H2-,16,17,19,20,21,22,23)/p+1. The number of hydrogen-bond acceptors (Lipinski definition) is 4. The van der Waals surface area contributed by atoms with E-state index < -0.39 is 21.4 Å². The van der Waals surface area contributed by atoms with Crippen LogP contribution in [-0.4, -0.2) is 74.3 Å². The molecule has 0 radical (unpaired) electrons. The Bertz CT molecular complexity index is 555. The van der Waals surface area contributed by atoms with Crippen LogP contribution in [0.5, 0.6) is 0 Å². The van der Waals surface area contributed by atoms with E-state index in [1.807, 2.05) is 14.1 Å². The zero-order valence-corrected chi connectivity index (χ0v) is 15.8. The lowest BCUT2D eigenvalue weighted by Gasteiger charge is -2.31. The van der Waals surface area contributed by atoms with Crippen molar-refractivity contribution in [2.24, 2.45) is 0 Å². The minimum atomic E-state index is -4.16. The quantitative estimate of drug-likeness (QED) is 0.206. The molecule has 0 fully saturated rings. The molecule has 0 spiro atoms.